The van der Waals surface area contributed by atoms with Crippen LogP contribution in [0, 0.1) is 12.3 Å². The first-order chi connectivity index (χ1) is 10.2. The van der Waals surface area contributed by atoms with Gasteiger partial charge in [0.1, 0.15) is 4.21 Å². The Labute approximate surface area is 141 Å². The zero-order valence-corrected chi connectivity index (χ0v) is 15.7. The van der Waals surface area contributed by atoms with Gasteiger partial charge >= 0.3 is 0 Å². The summed E-state index contributed by atoms with van der Waals surface area (Å²) >= 11 is 3.17. The molecule has 1 aromatic rings. The lowest BCUT2D eigenvalue weighted by Crippen LogP contribution is -2.52. The van der Waals surface area contributed by atoms with Crippen LogP contribution in [0.1, 0.15) is 39.8 Å². The molecule has 22 heavy (non-hydrogen) atoms. The van der Waals surface area contributed by atoms with E-state index in [0.717, 1.165) is 47.5 Å². The number of aryl methyl sites for hydroxylation is 1. The van der Waals surface area contributed by atoms with Crippen LogP contribution in [0.3, 0.4) is 0 Å². The molecule has 7 heteroatoms. The lowest BCUT2D eigenvalue weighted by atomic mass is 9.81. The molecule has 1 saturated heterocycles. The molecule has 0 atom stereocenters. The summed E-state index contributed by atoms with van der Waals surface area (Å²) in [5.41, 5.74) is 1.33. The molecule has 0 bridgehead atoms. The monoisotopic (exact) mass is 342 g/mol. The predicted molar refractivity (Wildman–Crippen MR) is 94.6 cm³/mol. The Morgan fingerprint density at radius 3 is 2.68 bits per heavy atom. The van der Waals surface area contributed by atoms with Gasteiger partial charge in [-0.05, 0) is 51.5 Å². The quantitative estimate of drug-likeness (QED) is 0.589. The average Bonchev–Trinajstić information content (AvgIpc) is 2.75. The highest BCUT2D eigenvalue weighted by atomic mass is 32.2. The number of carbonyl (C=O) groups is 1. The van der Waals surface area contributed by atoms with Crippen molar-refractivity contribution < 1.29 is 4.79 Å². The number of nitrogens with zero attached hydrogens (tertiary/aromatic N) is 2. The van der Waals surface area contributed by atoms with Gasteiger partial charge in [0, 0.05) is 25.2 Å². The van der Waals surface area contributed by atoms with Gasteiger partial charge in [-0.3, -0.25) is 14.4 Å². The molecule has 1 amide bonds. The van der Waals surface area contributed by atoms with Crippen LogP contribution in [0.4, 0.5) is 5.13 Å². The molecule has 2 N–H and O–H groups in total. The van der Waals surface area contributed by atoms with E-state index in [1.54, 1.807) is 28.2 Å². The van der Waals surface area contributed by atoms with Gasteiger partial charge in [-0.25, -0.2) is 4.98 Å². The third-order valence-corrected chi connectivity index (χ3v) is 6.31. The van der Waals surface area contributed by atoms with Crippen LogP contribution in [-0.4, -0.2) is 36.6 Å². The largest absolute Gasteiger partial charge is 0.316 e. The molecular formula is C15H26N4OS2. The van der Waals surface area contributed by atoms with E-state index in [9.17, 15) is 4.79 Å². The van der Waals surface area contributed by atoms with Gasteiger partial charge in [0.15, 0.2) is 5.13 Å². The Hall–Kier alpha value is -0.630. The summed E-state index contributed by atoms with van der Waals surface area (Å²) in [6.07, 6.45) is 1.90. The summed E-state index contributed by atoms with van der Waals surface area (Å²) in [6.45, 7) is 13.4. The number of hydrogen-bond acceptors (Lipinski definition) is 6. The average molecular weight is 343 g/mol. The molecule has 124 valence electrons. The normalized spacial score (nSPS) is 17.1. The second kappa shape index (κ2) is 6.86. The van der Waals surface area contributed by atoms with E-state index >= 15 is 0 Å². The second-order valence-corrected chi connectivity index (χ2v) is 9.34. The van der Waals surface area contributed by atoms with Crippen LogP contribution in [-0.2, 0) is 4.79 Å². The van der Waals surface area contributed by atoms with E-state index in [1.165, 1.54) is 0 Å². The van der Waals surface area contributed by atoms with Crippen LogP contribution < -0.4 is 14.9 Å². The topological polar surface area (TPSA) is 57.3 Å². The van der Waals surface area contributed by atoms with Crippen LogP contribution >= 0.6 is 23.3 Å². The molecule has 2 rings (SSSR count). The van der Waals surface area contributed by atoms with E-state index in [2.05, 4.69) is 42.7 Å². The molecule has 0 saturated carbocycles. The summed E-state index contributed by atoms with van der Waals surface area (Å²) in [7, 11) is 0. The first kappa shape index (κ1) is 17.7. The summed E-state index contributed by atoms with van der Waals surface area (Å²) in [4.78, 5) is 17.7. The number of anilines is 1. The molecule has 0 radical (unpaired) electrons. The van der Waals surface area contributed by atoms with Crippen molar-refractivity contribution >= 4 is 34.8 Å². The molecule has 0 spiro atoms. The fourth-order valence-corrected chi connectivity index (χ4v) is 4.00. The summed E-state index contributed by atoms with van der Waals surface area (Å²) < 4.78 is 4.51. The Bertz CT molecular complexity index is 520. The van der Waals surface area contributed by atoms with E-state index < -0.39 is 0 Å². The second-order valence-electron chi connectivity index (χ2n) is 7.29. The minimum atomic E-state index is 0.0391. The van der Waals surface area contributed by atoms with Crippen LogP contribution in [0.2, 0.25) is 0 Å². The van der Waals surface area contributed by atoms with Crippen molar-refractivity contribution in [3.8, 4) is 0 Å². The molecule has 1 fully saturated rings. The Kier molecular flexibility index (Phi) is 5.53. The number of aromatic nitrogens is 1. The maximum atomic E-state index is 11.4. The molecule has 0 aliphatic carbocycles. The smallest absolute Gasteiger partial charge is 0.215 e. The van der Waals surface area contributed by atoms with E-state index in [-0.39, 0.29) is 5.54 Å². The van der Waals surface area contributed by atoms with Crippen molar-refractivity contribution in [3.63, 3.8) is 0 Å². The standard InChI is InChI=1S/C15H26N4OS2/c1-11-12(22-18-14(2,3)4)21-13(17-11)19(10-20)7-6-15(5)8-16-9-15/h10,16,18H,6-9H2,1-5H3. The number of thiazole rings is 1. The molecule has 0 aromatic carbocycles. The summed E-state index contributed by atoms with van der Waals surface area (Å²) in [5.74, 6) is 0. The van der Waals surface area contributed by atoms with E-state index in [4.69, 9.17) is 0 Å². The molecule has 1 aliphatic heterocycles. The van der Waals surface area contributed by atoms with Crippen molar-refractivity contribution in [2.24, 2.45) is 5.41 Å². The number of hydrogen-bond donors (Lipinski definition) is 2. The lowest BCUT2D eigenvalue weighted by Gasteiger charge is -2.40. The minimum Gasteiger partial charge on any atom is -0.316 e. The van der Waals surface area contributed by atoms with Crippen molar-refractivity contribution in [1.29, 1.82) is 0 Å². The fourth-order valence-electron chi connectivity index (χ4n) is 2.10. The highest BCUT2D eigenvalue weighted by Crippen LogP contribution is 2.34. The van der Waals surface area contributed by atoms with Crippen molar-refractivity contribution in [2.45, 2.75) is 50.8 Å². The molecule has 5 nitrogen and oxygen atoms in total. The Morgan fingerprint density at radius 1 is 1.50 bits per heavy atom. The number of amides is 1. The fraction of sp³-hybridized carbons (Fsp3) is 0.733. The molecule has 2 heterocycles. The van der Waals surface area contributed by atoms with Gasteiger partial charge in [-0.2, -0.15) is 0 Å². The zero-order valence-electron chi connectivity index (χ0n) is 14.0. The molecule has 1 aromatic heterocycles. The lowest BCUT2D eigenvalue weighted by molar-refractivity contribution is -0.107. The first-order valence-corrected chi connectivity index (χ1v) is 9.20. The number of nitrogens with one attached hydrogen (secondary N) is 2. The number of rotatable bonds is 7. The van der Waals surface area contributed by atoms with Crippen LogP contribution in [0.15, 0.2) is 4.21 Å². The maximum Gasteiger partial charge on any atom is 0.215 e. The van der Waals surface area contributed by atoms with Gasteiger partial charge < -0.3 is 5.32 Å². The highest BCUT2D eigenvalue weighted by Gasteiger charge is 2.32. The third-order valence-electron chi connectivity index (χ3n) is 3.63. The molecule has 0 unspecified atom stereocenters. The highest BCUT2D eigenvalue weighted by molar-refractivity contribution is 7.99. The third kappa shape index (κ3) is 4.68. The Morgan fingerprint density at radius 2 is 2.18 bits per heavy atom. The van der Waals surface area contributed by atoms with E-state index in [0.29, 0.717) is 5.41 Å². The zero-order chi connectivity index (χ0) is 16.4. The van der Waals surface area contributed by atoms with Crippen LogP contribution in [0.25, 0.3) is 0 Å². The summed E-state index contributed by atoms with van der Waals surface area (Å²) in [5, 5.41) is 4.09. The van der Waals surface area contributed by atoms with Gasteiger partial charge in [0.25, 0.3) is 0 Å². The van der Waals surface area contributed by atoms with Crippen molar-refractivity contribution in [1.82, 2.24) is 15.0 Å². The molecular weight excluding hydrogens is 316 g/mol. The molecule has 1 aliphatic rings. The van der Waals surface area contributed by atoms with Crippen LogP contribution in [0.5, 0.6) is 0 Å². The van der Waals surface area contributed by atoms with Gasteiger partial charge in [0.05, 0.1) is 5.69 Å². The van der Waals surface area contributed by atoms with Gasteiger partial charge in [0.2, 0.25) is 6.41 Å². The van der Waals surface area contributed by atoms with Crippen molar-refractivity contribution in [2.75, 3.05) is 24.5 Å². The number of carbonyl (C=O) groups excluding carboxylic acids is 1. The van der Waals surface area contributed by atoms with E-state index in [1.807, 2.05) is 6.92 Å². The van der Waals surface area contributed by atoms with Crippen molar-refractivity contribution in [3.05, 3.63) is 5.69 Å². The SMILES string of the molecule is Cc1nc(N(C=O)CCC2(C)CNC2)sc1SNC(C)(C)C. The minimum absolute atomic E-state index is 0.0391. The van der Waals surface area contributed by atoms with Gasteiger partial charge in [-0.15, -0.1) is 0 Å². The summed E-state index contributed by atoms with van der Waals surface area (Å²) in [6, 6.07) is 0. The predicted octanol–water partition coefficient (Wildman–Crippen LogP) is 2.81. The first-order valence-electron chi connectivity index (χ1n) is 7.57. The van der Waals surface area contributed by atoms with Gasteiger partial charge in [-0.1, -0.05) is 18.3 Å². The Balaban J connectivity index is 1.98. The maximum absolute atomic E-state index is 11.4.